The van der Waals surface area contributed by atoms with Crippen molar-refractivity contribution in [3.8, 4) is 0 Å². The Morgan fingerprint density at radius 2 is 1.75 bits per heavy atom. The minimum absolute atomic E-state index is 0.231. The molecule has 0 saturated carbocycles. The molecule has 0 aliphatic carbocycles. The van der Waals surface area contributed by atoms with Crippen molar-refractivity contribution in [1.29, 1.82) is 0 Å². The molecular formula is C19H19N3O2. The minimum Gasteiger partial charge on any atom is -0.359 e. The van der Waals surface area contributed by atoms with Gasteiger partial charge in [0, 0.05) is 30.4 Å². The van der Waals surface area contributed by atoms with Gasteiger partial charge in [0.2, 0.25) is 11.8 Å². The number of aromatic nitrogens is 1. The molecule has 0 bridgehead atoms. The maximum absolute atomic E-state index is 12.7. The Balaban J connectivity index is 1.79. The van der Waals surface area contributed by atoms with E-state index in [-0.39, 0.29) is 11.8 Å². The summed E-state index contributed by atoms with van der Waals surface area (Å²) in [6.45, 7) is 1.41. The number of fused-ring (bicyclic) bond motifs is 1. The van der Waals surface area contributed by atoms with Gasteiger partial charge in [-0.3, -0.25) is 9.59 Å². The van der Waals surface area contributed by atoms with E-state index in [1.807, 2.05) is 54.6 Å². The molecule has 0 spiro atoms. The van der Waals surface area contributed by atoms with E-state index >= 15 is 0 Å². The second-order valence-electron chi connectivity index (χ2n) is 5.68. The lowest BCUT2D eigenvalue weighted by atomic mass is 10.1. The van der Waals surface area contributed by atoms with Gasteiger partial charge in [0.15, 0.2) is 0 Å². The lowest BCUT2D eigenvalue weighted by molar-refractivity contribution is -0.125. The predicted molar refractivity (Wildman–Crippen MR) is 94.7 cm³/mol. The molecule has 0 aliphatic rings. The van der Waals surface area contributed by atoms with E-state index in [2.05, 4.69) is 15.6 Å². The number of H-pyrrole nitrogens is 1. The van der Waals surface area contributed by atoms with Crippen LogP contribution in [0.2, 0.25) is 0 Å². The highest BCUT2D eigenvalue weighted by Crippen LogP contribution is 2.22. The van der Waals surface area contributed by atoms with Crippen LogP contribution in [0.4, 0.5) is 5.69 Å². The van der Waals surface area contributed by atoms with E-state index in [1.165, 1.54) is 6.92 Å². The summed E-state index contributed by atoms with van der Waals surface area (Å²) in [5.74, 6) is -0.469. The Morgan fingerprint density at radius 1 is 1.04 bits per heavy atom. The number of anilines is 1. The maximum Gasteiger partial charge on any atom is 0.247 e. The zero-order chi connectivity index (χ0) is 16.9. The Kier molecular flexibility index (Phi) is 4.61. The van der Waals surface area contributed by atoms with Crippen LogP contribution in [0.15, 0.2) is 60.8 Å². The number of para-hydroxylation sites is 1. The van der Waals surface area contributed by atoms with Crippen molar-refractivity contribution in [2.75, 3.05) is 5.32 Å². The quantitative estimate of drug-likeness (QED) is 0.676. The Hall–Kier alpha value is -3.08. The number of nitrogens with one attached hydrogen (secondary N) is 3. The molecule has 2 aromatic carbocycles. The molecule has 3 aromatic rings. The van der Waals surface area contributed by atoms with Crippen molar-refractivity contribution in [2.24, 2.45) is 0 Å². The summed E-state index contributed by atoms with van der Waals surface area (Å²) in [6, 6.07) is 16.7. The number of hydrogen-bond acceptors (Lipinski definition) is 2. The van der Waals surface area contributed by atoms with E-state index in [1.54, 1.807) is 6.20 Å². The topological polar surface area (TPSA) is 74.0 Å². The fourth-order valence-corrected chi connectivity index (χ4v) is 2.70. The highest BCUT2D eigenvalue weighted by molar-refractivity contribution is 6.04. The molecule has 0 fully saturated rings. The molecule has 122 valence electrons. The fraction of sp³-hybridized carbons (Fsp3) is 0.158. The average molecular weight is 321 g/mol. The summed E-state index contributed by atoms with van der Waals surface area (Å²) in [6.07, 6.45) is 2.20. The van der Waals surface area contributed by atoms with Crippen molar-refractivity contribution < 1.29 is 9.59 Å². The highest BCUT2D eigenvalue weighted by atomic mass is 16.2. The standard InChI is InChI=1S/C19H19N3O2/c1-13(23)21-17(11-14-7-3-2-4-8-14)19(24)22-18-12-20-16-10-6-5-9-15(16)18/h2-10,12,17,20H,11H2,1H3,(H,21,23)(H,22,24). The number of rotatable bonds is 5. The van der Waals surface area contributed by atoms with Crippen LogP contribution in [0.1, 0.15) is 12.5 Å². The predicted octanol–water partition coefficient (Wildman–Crippen LogP) is 2.85. The monoisotopic (exact) mass is 321 g/mol. The first-order valence-corrected chi connectivity index (χ1v) is 7.81. The van der Waals surface area contributed by atoms with Gasteiger partial charge in [-0.2, -0.15) is 0 Å². The number of aromatic amines is 1. The Labute approximate surface area is 140 Å². The third kappa shape index (κ3) is 3.63. The molecule has 1 unspecified atom stereocenters. The molecular weight excluding hydrogens is 302 g/mol. The molecule has 24 heavy (non-hydrogen) atoms. The second kappa shape index (κ2) is 7.00. The summed E-state index contributed by atoms with van der Waals surface area (Å²) < 4.78 is 0. The molecule has 1 heterocycles. The number of carbonyl (C=O) groups is 2. The lowest BCUT2D eigenvalue weighted by Crippen LogP contribution is -2.44. The van der Waals surface area contributed by atoms with Crippen LogP contribution in [0.5, 0.6) is 0 Å². The van der Waals surface area contributed by atoms with Gasteiger partial charge in [-0.05, 0) is 11.6 Å². The third-order valence-corrected chi connectivity index (χ3v) is 3.82. The maximum atomic E-state index is 12.7. The summed E-state index contributed by atoms with van der Waals surface area (Å²) in [5, 5.41) is 6.57. The van der Waals surface area contributed by atoms with Crippen molar-refractivity contribution in [3.05, 3.63) is 66.4 Å². The number of amides is 2. The van der Waals surface area contributed by atoms with Crippen LogP contribution in [0.3, 0.4) is 0 Å². The molecule has 5 heteroatoms. The number of benzene rings is 2. The molecule has 3 N–H and O–H groups in total. The summed E-state index contributed by atoms with van der Waals surface area (Å²) in [5.41, 5.74) is 2.65. The van der Waals surface area contributed by atoms with Gasteiger partial charge in [-0.15, -0.1) is 0 Å². The summed E-state index contributed by atoms with van der Waals surface area (Å²) >= 11 is 0. The van der Waals surface area contributed by atoms with Gasteiger partial charge in [-0.1, -0.05) is 48.5 Å². The van der Waals surface area contributed by atoms with Crippen LogP contribution in [-0.2, 0) is 16.0 Å². The van der Waals surface area contributed by atoms with E-state index < -0.39 is 6.04 Å². The molecule has 5 nitrogen and oxygen atoms in total. The average Bonchev–Trinajstić information content (AvgIpc) is 2.98. The zero-order valence-electron chi connectivity index (χ0n) is 13.4. The fourth-order valence-electron chi connectivity index (χ4n) is 2.70. The number of hydrogen-bond donors (Lipinski definition) is 3. The first-order valence-electron chi connectivity index (χ1n) is 7.81. The van der Waals surface area contributed by atoms with E-state index in [4.69, 9.17) is 0 Å². The van der Waals surface area contributed by atoms with Crippen LogP contribution < -0.4 is 10.6 Å². The normalized spacial score (nSPS) is 11.9. The molecule has 0 radical (unpaired) electrons. The van der Waals surface area contributed by atoms with Gasteiger partial charge < -0.3 is 15.6 Å². The molecule has 0 aliphatic heterocycles. The molecule has 0 saturated heterocycles. The molecule has 2 amide bonds. The lowest BCUT2D eigenvalue weighted by Gasteiger charge is -2.17. The zero-order valence-corrected chi connectivity index (χ0v) is 13.4. The Bertz CT molecular complexity index is 855. The van der Waals surface area contributed by atoms with Gasteiger partial charge in [-0.25, -0.2) is 0 Å². The van der Waals surface area contributed by atoms with Crippen molar-refractivity contribution in [1.82, 2.24) is 10.3 Å². The van der Waals surface area contributed by atoms with Crippen molar-refractivity contribution in [2.45, 2.75) is 19.4 Å². The van der Waals surface area contributed by atoms with Crippen molar-refractivity contribution in [3.63, 3.8) is 0 Å². The minimum atomic E-state index is -0.626. The Morgan fingerprint density at radius 3 is 2.50 bits per heavy atom. The van der Waals surface area contributed by atoms with Gasteiger partial charge >= 0.3 is 0 Å². The molecule has 1 aromatic heterocycles. The van der Waals surface area contributed by atoms with Crippen LogP contribution in [0, 0.1) is 0 Å². The van der Waals surface area contributed by atoms with Gasteiger partial charge in [0.25, 0.3) is 0 Å². The van der Waals surface area contributed by atoms with Crippen LogP contribution >= 0.6 is 0 Å². The summed E-state index contributed by atoms with van der Waals surface area (Å²) in [4.78, 5) is 27.2. The smallest absolute Gasteiger partial charge is 0.247 e. The first kappa shape index (κ1) is 15.8. The van der Waals surface area contributed by atoms with E-state index in [0.717, 1.165) is 16.5 Å². The van der Waals surface area contributed by atoms with Gasteiger partial charge in [0.05, 0.1) is 5.69 Å². The second-order valence-corrected chi connectivity index (χ2v) is 5.68. The SMILES string of the molecule is CC(=O)NC(Cc1ccccc1)C(=O)Nc1c[nH]c2ccccc12. The van der Waals surface area contributed by atoms with Crippen LogP contribution in [0.25, 0.3) is 10.9 Å². The summed E-state index contributed by atoms with van der Waals surface area (Å²) in [7, 11) is 0. The van der Waals surface area contributed by atoms with Crippen LogP contribution in [-0.4, -0.2) is 22.8 Å². The third-order valence-electron chi connectivity index (χ3n) is 3.82. The highest BCUT2D eigenvalue weighted by Gasteiger charge is 2.21. The molecule has 3 rings (SSSR count). The molecule has 1 atom stereocenters. The first-order chi connectivity index (χ1) is 11.6. The van der Waals surface area contributed by atoms with Gasteiger partial charge in [0.1, 0.15) is 6.04 Å². The van der Waals surface area contributed by atoms with Crippen molar-refractivity contribution >= 4 is 28.4 Å². The van der Waals surface area contributed by atoms with E-state index in [0.29, 0.717) is 12.1 Å². The van der Waals surface area contributed by atoms with E-state index in [9.17, 15) is 9.59 Å². The number of carbonyl (C=O) groups excluding carboxylic acids is 2. The largest absolute Gasteiger partial charge is 0.359 e.